The van der Waals surface area contributed by atoms with Crippen LogP contribution in [0.2, 0.25) is 5.02 Å². The Kier molecular flexibility index (Phi) is 3.32. The first kappa shape index (κ1) is 10.8. The molecular formula is C13H13ClN2. The summed E-state index contributed by atoms with van der Waals surface area (Å²) in [6.07, 6.45) is 0. The van der Waals surface area contributed by atoms with E-state index in [-0.39, 0.29) is 0 Å². The van der Waals surface area contributed by atoms with Gasteiger partial charge >= 0.3 is 0 Å². The van der Waals surface area contributed by atoms with Gasteiger partial charge in [-0.15, -0.1) is 0 Å². The van der Waals surface area contributed by atoms with E-state index < -0.39 is 0 Å². The van der Waals surface area contributed by atoms with E-state index in [1.165, 1.54) is 5.56 Å². The third-order valence-corrected chi connectivity index (χ3v) is 2.65. The molecule has 2 aromatic carbocycles. The molecule has 0 radical (unpaired) electrons. The maximum absolute atomic E-state index is 6.04. The van der Waals surface area contributed by atoms with Gasteiger partial charge in [-0.2, -0.15) is 0 Å². The quantitative estimate of drug-likeness (QED) is 0.795. The number of hydrogen-bond donors (Lipinski definition) is 2. The Morgan fingerprint density at radius 1 is 1.06 bits per heavy atom. The van der Waals surface area contributed by atoms with Crippen LogP contribution < -0.4 is 11.1 Å². The van der Waals surface area contributed by atoms with E-state index in [0.29, 0.717) is 10.7 Å². The van der Waals surface area contributed by atoms with E-state index in [1.807, 2.05) is 24.3 Å². The molecule has 0 saturated heterocycles. The summed E-state index contributed by atoms with van der Waals surface area (Å²) < 4.78 is 0. The highest BCUT2D eigenvalue weighted by Gasteiger charge is 2.00. The van der Waals surface area contributed by atoms with Crippen LogP contribution in [0.1, 0.15) is 5.56 Å². The van der Waals surface area contributed by atoms with Crippen molar-refractivity contribution in [2.75, 3.05) is 11.1 Å². The van der Waals surface area contributed by atoms with Crippen LogP contribution in [0.15, 0.2) is 48.5 Å². The first-order chi connectivity index (χ1) is 7.75. The summed E-state index contributed by atoms with van der Waals surface area (Å²) in [5, 5.41) is 3.94. The Labute approximate surface area is 100 Å². The fraction of sp³-hybridized carbons (Fsp3) is 0.0769. The summed E-state index contributed by atoms with van der Waals surface area (Å²) in [6, 6.07) is 15.6. The minimum absolute atomic E-state index is 0.685. The molecule has 0 aliphatic rings. The van der Waals surface area contributed by atoms with E-state index >= 15 is 0 Å². The Hall–Kier alpha value is -1.67. The molecule has 3 heteroatoms. The van der Waals surface area contributed by atoms with Crippen molar-refractivity contribution in [2.24, 2.45) is 0 Å². The summed E-state index contributed by atoms with van der Waals surface area (Å²) >= 11 is 6.04. The summed E-state index contributed by atoms with van der Waals surface area (Å²) in [4.78, 5) is 0. The van der Waals surface area contributed by atoms with Crippen molar-refractivity contribution in [3.05, 3.63) is 59.1 Å². The maximum Gasteiger partial charge on any atom is 0.0639 e. The van der Waals surface area contributed by atoms with Gasteiger partial charge in [0.25, 0.3) is 0 Å². The lowest BCUT2D eigenvalue weighted by molar-refractivity contribution is 1.15. The SMILES string of the molecule is Nc1ccc(Cl)c(NCc2ccccc2)c1. The number of halogens is 1. The molecule has 0 unspecified atom stereocenters. The van der Waals surface area contributed by atoms with Gasteiger partial charge in [-0.3, -0.25) is 0 Å². The fourth-order valence-electron chi connectivity index (χ4n) is 1.47. The lowest BCUT2D eigenvalue weighted by atomic mass is 10.2. The molecule has 0 aliphatic heterocycles. The average molecular weight is 233 g/mol. The average Bonchev–Trinajstić information content (AvgIpc) is 2.32. The standard InChI is InChI=1S/C13H13ClN2/c14-12-7-6-11(15)8-13(12)16-9-10-4-2-1-3-5-10/h1-8,16H,9,15H2. The molecule has 0 bridgehead atoms. The fourth-order valence-corrected chi connectivity index (χ4v) is 1.66. The first-order valence-electron chi connectivity index (χ1n) is 5.08. The second kappa shape index (κ2) is 4.90. The van der Waals surface area contributed by atoms with E-state index in [2.05, 4.69) is 17.4 Å². The summed E-state index contributed by atoms with van der Waals surface area (Å²) in [5.74, 6) is 0. The van der Waals surface area contributed by atoms with Gasteiger partial charge in [-0.25, -0.2) is 0 Å². The van der Waals surface area contributed by atoms with Crippen molar-refractivity contribution in [3.63, 3.8) is 0 Å². The maximum atomic E-state index is 6.04. The molecule has 0 aliphatic carbocycles. The van der Waals surface area contributed by atoms with Gasteiger partial charge in [-0.1, -0.05) is 41.9 Å². The zero-order valence-electron chi connectivity index (χ0n) is 8.78. The highest BCUT2D eigenvalue weighted by molar-refractivity contribution is 6.33. The van der Waals surface area contributed by atoms with E-state index in [9.17, 15) is 0 Å². The highest BCUT2D eigenvalue weighted by atomic mass is 35.5. The van der Waals surface area contributed by atoms with Gasteiger partial charge in [0, 0.05) is 12.2 Å². The lowest BCUT2D eigenvalue weighted by Crippen LogP contribution is -2.00. The predicted octanol–water partition coefficient (Wildman–Crippen LogP) is 3.53. The summed E-state index contributed by atoms with van der Waals surface area (Å²) in [5.41, 5.74) is 8.48. The van der Waals surface area contributed by atoms with Gasteiger partial charge in [0.1, 0.15) is 0 Å². The molecule has 0 fully saturated rings. The number of rotatable bonds is 3. The minimum Gasteiger partial charge on any atom is -0.399 e. The topological polar surface area (TPSA) is 38.0 Å². The Balaban J connectivity index is 2.08. The van der Waals surface area contributed by atoms with Crippen LogP contribution in [-0.2, 0) is 6.54 Å². The smallest absolute Gasteiger partial charge is 0.0639 e. The van der Waals surface area contributed by atoms with Crippen molar-refractivity contribution >= 4 is 23.0 Å². The van der Waals surface area contributed by atoms with Crippen LogP contribution in [0.4, 0.5) is 11.4 Å². The third kappa shape index (κ3) is 2.67. The molecule has 0 spiro atoms. The second-order valence-corrected chi connectivity index (χ2v) is 3.99. The Morgan fingerprint density at radius 3 is 2.56 bits per heavy atom. The first-order valence-corrected chi connectivity index (χ1v) is 5.46. The largest absolute Gasteiger partial charge is 0.399 e. The van der Waals surface area contributed by atoms with E-state index in [0.717, 1.165) is 12.2 Å². The monoisotopic (exact) mass is 232 g/mol. The molecule has 0 saturated carbocycles. The molecule has 16 heavy (non-hydrogen) atoms. The van der Waals surface area contributed by atoms with E-state index in [4.69, 9.17) is 17.3 Å². The summed E-state index contributed by atoms with van der Waals surface area (Å²) in [7, 11) is 0. The molecule has 0 aromatic heterocycles. The van der Waals surface area contributed by atoms with Crippen LogP contribution in [0.3, 0.4) is 0 Å². The van der Waals surface area contributed by atoms with Crippen molar-refractivity contribution in [2.45, 2.75) is 6.54 Å². The van der Waals surface area contributed by atoms with Crippen LogP contribution in [0.5, 0.6) is 0 Å². The zero-order chi connectivity index (χ0) is 11.4. The highest BCUT2D eigenvalue weighted by Crippen LogP contribution is 2.24. The molecule has 0 atom stereocenters. The van der Waals surface area contributed by atoms with Gasteiger partial charge < -0.3 is 11.1 Å². The number of hydrogen-bond acceptors (Lipinski definition) is 2. The van der Waals surface area contributed by atoms with E-state index in [1.54, 1.807) is 12.1 Å². The molecule has 2 rings (SSSR count). The number of nitrogen functional groups attached to an aromatic ring is 1. The van der Waals surface area contributed by atoms with Gasteiger partial charge in [-0.05, 0) is 23.8 Å². The van der Waals surface area contributed by atoms with Crippen LogP contribution in [-0.4, -0.2) is 0 Å². The molecule has 0 heterocycles. The van der Waals surface area contributed by atoms with Gasteiger partial charge in [0.05, 0.1) is 10.7 Å². The number of nitrogens with one attached hydrogen (secondary N) is 1. The van der Waals surface area contributed by atoms with Crippen LogP contribution >= 0.6 is 11.6 Å². The third-order valence-electron chi connectivity index (χ3n) is 2.32. The van der Waals surface area contributed by atoms with Crippen molar-refractivity contribution in [1.29, 1.82) is 0 Å². The van der Waals surface area contributed by atoms with Crippen molar-refractivity contribution in [3.8, 4) is 0 Å². The molecule has 3 N–H and O–H groups in total. The number of benzene rings is 2. The van der Waals surface area contributed by atoms with Crippen molar-refractivity contribution in [1.82, 2.24) is 0 Å². The predicted molar refractivity (Wildman–Crippen MR) is 69.6 cm³/mol. The minimum atomic E-state index is 0.685. The van der Waals surface area contributed by atoms with Crippen molar-refractivity contribution < 1.29 is 0 Å². The zero-order valence-corrected chi connectivity index (χ0v) is 9.54. The number of anilines is 2. The molecule has 82 valence electrons. The normalized spacial score (nSPS) is 10.1. The van der Waals surface area contributed by atoms with Gasteiger partial charge in [0.2, 0.25) is 0 Å². The molecular weight excluding hydrogens is 220 g/mol. The lowest BCUT2D eigenvalue weighted by Gasteiger charge is -2.09. The van der Waals surface area contributed by atoms with Crippen LogP contribution in [0.25, 0.3) is 0 Å². The number of nitrogens with two attached hydrogens (primary N) is 1. The molecule has 2 nitrogen and oxygen atoms in total. The van der Waals surface area contributed by atoms with Crippen LogP contribution in [0, 0.1) is 0 Å². The Bertz CT molecular complexity index is 469. The molecule has 0 amide bonds. The Morgan fingerprint density at radius 2 is 1.81 bits per heavy atom. The second-order valence-electron chi connectivity index (χ2n) is 3.58. The molecule has 2 aromatic rings. The van der Waals surface area contributed by atoms with Gasteiger partial charge in [0.15, 0.2) is 0 Å². The summed E-state index contributed by atoms with van der Waals surface area (Å²) in [6.45, 7) is 0.740.